The molecule has 1 aromatic rings. The molecule has 2 unspecified atom stereocenters. The van der Waals surface area contributed by atoms with Crippen molar-refractivity contribution in [3.05, 3.63) is 15.9 Å². The van der Waals surface area contributed by atoms with Crippen molar-refractivity contribution in [3.63, 3.8) is 0 Å². The molecular weight excluding hydrogens is 332 g/mol. The molecule has 4 nitrogen and oxygen atoms in total. The molecule has 1 fully saturated rings. The van der Waals surface area contributed by atoms with E-state index in [1.54, 1.807) is 0 Å². The minimum Gasteiger partial charge on any atom is -0.393 e. The number of halogens is 1. The van der Waals surface area contributed by atoms with Gasteiger partial charge in [-0.1, -0.05) is 6.92 Å². The van der Waals surface area contributed by atoms with Crippen molar-refractivity contribution in [2.75, 3.05) is 6.61 Å². The van der Waals surface area contributed by atoms with Gasteiger partial charge in [0.1, 0.15) is 0 Å². The largest absolute Gasteiger partial charge is 0.393 e. The summed E-state index contributed by atoms with van der Waals surface area (Å²) < 4.78 is 8.80. The van der Waals surface area contributed by atoms with Gasteiger partial charge in [-0.25, -0.2) is 0 Å². The third-order valence-electron chi connectivity index (χ3n) is 4.22. The number of rotatable bonds is 7. The summed E-state index contributed by atoms with van der Waals surface area (Å²) in [7, 11) is 0. The fourth-order valence-corrected chi connectivity index (χ4v) is 3.68. The molecule has 5 heteroatoms. The molecule has 1 saturated heterocycles. The van der Waals surface area contributed by atoms with Crippen molar-refractivity contribution >= 4 is 15.9 Å². The third kappa shape index (κ3) is 4.54. The van der Waals surface area contributed by atoms with Gasteiger partial charge in [-0.05, 0) is 61.4 Å². The summed E-state index contributed by atoms with van der Waals surface area (Å²) in [5.74, 6) is 0. The quantitative estimate of drug-likeness (QED) is 0.811. The molecule has 2 rings (SSSR count). The minimum absolute atomic E-state index is 0.321. The van der Waals surface area contributed by atoms with Crippen LogP contribution in [0.3, 0.4) is 0 Å². The Morgan fingerprint density at radius 1 is 1.43 bits per heavy atom. The number of aliphatic hydroxyl groups is 1. The Kier molecular flexibility index (Phi) is 6.71. The molecule has 0 aliphatic carbocycles. The van der Waals surface area contributed by atoms with Gasteiger partial charge in [0.25, 0.3) is 0 Å². The summed E-state index contributed by atoms with van der Waals surface area (Å²) in [5.41, 5.74) is 2.20. The molecule has 1 aromatic heterocycles. The van der Waals surface area contributed by atoms with Crippen molar-refractivity contribution in [3.8, 4) is 0 Å². The number of hydrogen-bond donors (Lipinski definition) is 1. The first kappa shape index (κ1) is 17.0. The van der Waals surface area contributed by atoms with E-state index in [2.05, 4.69) is 34.9 Å². The number of hydrogen-bond acceptors (Lipinski definition) is 3. The van der Waals surface area contributed by atoms with Gasteiger partial charge in [0.05, 0.1) is 28.1 Å². The number of ether oxygens (including phenoxy) is 1. The van der Waals surface area contributed by atoms with Crippen LogP contribution in [0.5, 0.6) is 0 Å². The number of nitrogens with zero attached hydrogens (tertiary/aromatic N) is 2. The van der Waals surface area contributed by atoms with Crippen molar-refractivity contribution in [1.29, 1.82) is 0 Å². The second kappa shape index (κ2) is 8.30. The minimum atomic E-state index is -0.321. The van der Waals surface area contributed by atoms with E-state index in [1.165, 1.54) is 12.8 Å². The van der Waals surface area contributed by atoms with Crippen LogP contribution in [0.2, 0.25) is 0 Å². The molecule has 1 N–H and O–H groups in total. The van der Waals surface area contributed by atoms with Gasteiger partial charge in [-0.3, -0.25) is 4.68 Å². The lowest BCUT2D eigenvalue weighted by Crippen LogP contribution is -2.22. The van der Waals surface area contributed by atoms with E-state index < -0.39 is 0 Å². The van der Waals surface area contributed by atoms with E-state index in [9.17, 15) is 5.11 Å². The molecule has 0 radical (unpaired) electrons. The molecule has 2 heterocycles. The summed E-state index contributed by atoms with van der Waals surface area (Å²) in [6.45, 7) is 5.92. The van der Waals surface area contributed by atoms with Gasteiger partial charge < -0.3 is 9.84 Å². The molecule has 0 bridgehead atoms. The molecule has 0 saturated carbocycles. The molecule has 2 atom stereocenters. The fraction of sp³-hybridized carbons (Fsp3) is 0.812. The Morgan fingerprint density at radius 3 is 2.86 bits per heavy atom. The average molecular weight is 359 g/mol. The number of aromatic nitrogens is 2. The van der Waals surface area contributed by atoms with Crippen LogP contribution in [0.4, 0.5) is 0 Å². The molecule has 1 aliphatic rings. The first-order chi connectivity index (χ1) is 10.2. The van der Waals surface area contributed by atoms with Gasteiger partial charge in [0, 0.05) is 19.6 Å². The van der Waals surface area contributed by atoms with Crippen molar-refractivity contribution in [2.24, 2.45) is 0 Å². The zero-order valence-electron chi connectivity index (χ0n) is 13.1. The highest BCUT2D eigenvalue weighted by atomic mass is 79.9. The van der Waals surface area contributed by atoms with Crippen LogP contribution in [0.25, 0.3) is 0 Å². The smallest absolute Gasteiger partial charge is 0.0766 e. The van der Waals surface area contributed by atoms with Crippen LogP contribution in [0.15, 0.2) is 4.47 Å². The van der Waals surface area contributed by atoms with Gasteiger partial charge in [0.15, 0.2) is 0 Å². The molecular formula is C16H27BrN2O2. The van der Waals surface area contributed by atoms with Crippen LogP contribution >= 0.6 is 15.9 Å². The van der Waals surface area contributed by atoms with Crippen molar-refractivity contribution in [2.45, 2.75) is 77.5 Å². The maximum absolute atomic E-state index is 10.3. The lowest BCUT2D eigenvalue weighted by molar-refractivity contribution is 0.00221. The van der Waals surface area contributed by atoms with Crippen LogP contribution in [-0.4, -0.2) is 33.7 Å². The lowest BCUT2D eigenvalue weighted by atomic mass is 10.0. The Bertz CT molecular complexity index is 442. The van der Waals surface area contributed by atoms with Crippen LogP contribution < -0.4 is 0 Å². The first-order valence-electron chi connectivity index (χ1n) is 8.19. The highest BCUT2D eigenvalue weighted by Crippen LogP contribution is 2.25. The molecule has 0 amide bonds. The van der Waals surface area contributed by atoms with E-state index in [-0.39, 0.29) is 6.10 Å². The Labute approximate surface area is 136 Å². The summed E-state index contributed by atoms with van der Waals surface area (Å²) in [6.07, 6.45) is 6.94. The van der Waals surface area contributed by atoms with Gasteiger partial charge in [-0.15, -0.1) is 0 Å². The van der Waals surface area contributed by atoms with E-state index in [1.807, 2.05) is 4.68 Å². The van der Waals surface area contributed by atoms with Gasteiger partial charge in [-0.2, -0.15) is 5.10 Å². The Morgan fingerprint density at radius 2 is 2.24 bits per heavy atom. The molecule has 0 aromatic carbocycles. The normalized spacial score (nSPS) is 20.7. The van der Waals surface area contributed by atoms with Crippen molar-refractivity contribution in [1.82, 2.24) is 9.78 Å². The maximum Gasteiger partial charge on any atom is 0.0766 e. The maximum atomic E-state index is 10.3. The van der Waals surface area contributed by atoms with Crippen LogP contribution in [-0.2, 0) is 24.1 Å². The standard InChI is InChI=1S/C16H27BrN2O2/c1-3-14-16(17)15(19(4-2)18-14)11-12(20)8-9-13-7-5-6-10-21-13/h12-13,20H,3-11H2,1-2H3. The zero-order valence-corrected chi connectivity index (χ0v) is 14.7. The van der Waals surface area contributed by atoms with Crippen LogP contribution in [0, 0.1) is 0 Å². The topological polar surface area (TPSA) is 47.3 Å². The van der Waals surface area contributed by atoms with Gasteiger partial charge >= 0.3 is 0 Å². The van der Waals surface area contributed by atoms with Gasteiger partial charge in [0.2, 0.25) is 0 Å². The lowest BCUT2D eigenvalue weighted by Gasteiger charge is -2.23. The Hall–Kier alpha value is -0.390. The summed E-state index contributed by atoms with van der Waals surface area (Å²) in [6, 6.07) is 0. The Balaban J connectivity index is 1.89. The molecule has 21 heavy (non-hydrogen) atoms. The van der Waals surface area contributed by atoms with E-state index in [4.69, 9.17) is 4.74 Å². The molecule has 1 aliphatic heterocycles. The molecule has 120 valence electrons. The zero-order chi connectivity index (χ0) is 15.2. The highest BCUT2D eigenvalue weighted by Gasteiger charge is 2.19. The third-order valence-corrected chi connectivity index (χ3v) is 5.13. The summed E-state index contributed by atoms with van der Waals surface area (Å²) in [5, 5.41) is 14.9. The summed E-state index contributed by atoms with van der Waals surface area (Å²) in [4.78, 5) is 0. The second-order valence-electron chi connectivity index (χ2n) is 5.80. The SMILES string of the molecule is CCc1nn(CC)c(CC(O)CCC2CCCCO2)c1Br. The number of aryl methyl sites for hydroxylation is 2. The van der Waals surface area contributed by atoms with E-state index in [0.29, 0.717) is 12.5 Å². The van der Waals surface area contributed by atoms with Crippen LogP contribution in [0.1, 0.15) is 57.3 Å². The second-order valence-corrected chi connectivity index (χ2v) is 6.59. The molecule has 0 spiro atoms. The van der Waals surface area contributed by atoms with E-state index >= 15 is 0 Å². The predicted molar refractivity (Wildman–Crippen MR) is 87.5 cm³/mol. The summed E-state index contributed by atoms with van der Waals surface area (Å²) >= 11 is 3.64. The predicted octanol–water partition coefficient (Wildman–Crippen LogP) is 3.48. The fourth-order valence-electron chi connectivity index (χ4n) is 2.95. The van der Waals surface area contributed by atoms with Crippen molar-refractivity contribution < 1.29 is 9.84 Å². The van der Waals surface area contributed by atoms with E-state index in [0.717, 1.165) is 54.7 Å². The highest BCUT2D eigenvalue weighted by molar-refractivity contribution is 9.10. The number of aliphatic hydroxyl groups excluding tert-OH is 1. The first-order valence-corrected chi connectivity index (χ1v) is 8.98. The average Bonchev–Trinajstić information content (AvgIpc) is 2.82. The monoisotopic (exact) mass is 358 g/mol.